The first-order valence-electron chi connectivity index (χ1n) is 8.62. The van der Waals surface area contributed by atoms with Crippen molar-refractivity contribution in [2.24, 2.45) is 0 Å². The number of aromatic nitrogens is 3. The van der Waals surface area contributed by atoms with Crippen molar-refractivity contribution in [1.82, 2.24) is 20.1 Å². The van der Waals surface area contributed by atoms with E-state index in [9.17, 15) is 9.59 Å². The van der Waals surface area contributed by atoms with Crippen molar-refractivity contribution < 1.29 is 9.59 Å². The van der Waals surface area contributed by atoms with E-state index in [4.69, 9.17) is 0 Å². The maximum absolute atomic E-state index is 12.6. The van der Waals surface area contributed by atoms with Gasteiger partial charge < -0.3 is 10.3 Å². The number of Topliss-reactive ketones (excluding diaryl/α,β-unsaturated/α-hetero) is 1. The summed E-state index contributed by atoms with van der Waals surface area (Å²) in [5.74, 6) is -1.14. The lowest BCUT2D eigenvalue weighted by Crippen LogP contribution is -2.30. The topological polar surface area (TPSA) is 79.8 Å². The summed E-state index contributed by atoms with van der Waals surface area (Å²) in [4.78, 5) is 28.2. The minimum Gasteiger partial charge on any atom is -0.358 e. The Kier molecular flexibility index (Phi) is 4.30. The fourth-order valence-corrected chi connectivity index (χ4v) is 3.13. The van der Waals surface area contributed by atoms with Gasteiger partial charge in [0.05, 0.1) is 11.3 Å². The Morgan fingerprint density at radius 2 is 1.85 bits per heavy atom. The van der Waals surface area contributed by atoms with Gasteiger partial charge in [0.25, 0.3) is 11.7 Å². The molecule has 4 rings (SSSR count). The second-order valence-electron chi connectivity index (χ2n) is 6.30. The maximum Gasteiger partial charge on any atom is 0.292 e. The van der Waals surface area contributed by atoms with Crippen molar-refractivity contribution in [3.05, 3.63) is 83.8 Å². The molecule has 27 heavy (non-hydrogen) atoms. The molecule has 2 heterocycles. The van der Waals surface area contributed by atoms with Gasteiger partial charge in [0.2, 0.25) is 0 Å². The van der Waals surface area contributed by atoms with Gasteiger partial charge in [0, 0.05) is 35.5 Å². The number of para-hydroxylation sites is 1. The van der Waals surface area contributed by atoms with Crippen molar-refractivity contribution in [3.63, 3.8) is 0 Å². The predicted molar refractivity (Wildman–Crippen MR) is 103 cm³/mol. The normalized spacial score (nSPS) is 10.9. The number of fused-ring (bicyclic) bond motifs is 1. The smallest absolute Gasteiger partial charge is 0.292 e. The highest BCUT2D eigenvalue weighted by atomic mass is 16.2. The van der Waals surface area contributed by atoms with E-state index < -0.39 is 11.7 Å². The largest absolute Gasteiger partial charge is 0.358 e. The van der Waals surface area contributed by atoms with E-state index in [0.717, 1.165) is 22.2 Å². The lowest BCUT2D eigenvalue weighted by atomic mass is 10.1. The van der Waals surface area contributed by atoms with Crippen LogP contribution in [0.3, 0.4) is 0 Å². The summed E-state index contributed by atoms with van der Waals surface area (Å²) < 4.78 is 1.76. The molecule has 6 nitrogen and oxygen atoms in total. The van der Waals surface area contributed by atoms with Crippen molar-refractivity contribution in [3.8, 4) is 5.69 Å². The molecule has 1 amide bonds. The lowest BCUT2D eigenvalue weighted by Gasteiger charge is -2.07. The van der Waals surface area contributed by atoms with E-state index >= 15 is 0 Å². The Hall–Kier alpha value is -3.67. The highest BCUT2D eigenvalue weighted by molar-refractivity contribution is 6.45. The third-order valence-electron chi connectivity index (χ3n) is 4.49. The van der Waals surface area contributed by atoms with E-state index in [-0.39, 0.29) is 6.54 Å². The molecule has 0 saturated carbocycles. The number of carbonyl (C=O) groups excluding carboxylic acids is 2. The molecule has 0 atom stereocenters. The van der Waals surface area contributed by atoms with Crippen LogP contribution in [-0.4, -0.2) is 26.5 Å². The molecule has 0 aliphatic carbocycles. The third-order valence-corrected chi connectivity index (χ3v) is 4.49. The van der Waals surface area contributed by atoms with Gasteiger partial charge >= 0.3 is 0 Å². The molecule has 0 radical (unpaired) electrons. The van der Waals surface area contributed by atoms with Crippen LogP contribution in [0.5, 0.6) is 0 Å². The Labute approximate surface area is 155 Å². The average molecular weight is 358 g/mol. The number of carbonyl (C=O) groups is 2. The van der Waals surface area contributed by atoms with E-state index in [0.29, 0.717) is 11.3 Å². The van der Waals surface area contributed by atoms with Gasteiger partial charge in [-0.15, -0.1) is 0 Å². The molecule has 0 bridgehead atoms. The van der Waals surface area contributed by atoms with Crippen LogP contribution < -0.4 is 5.32 Å². The van der Waals surface area contributed by atoms with Crippen LogP contribution in [-0.2, 0) is 11.3 Å². The third kappa shape index (κ3) is 3.25. The summed E-state index contributed by atoms with van der Waals surface area (Å²) >= 11 is 0. The number of aromatic amines is 1. The predicted octanol–water partition coefficient (Wildman–Crippen LogP) is 3.16. The van der Waals surface area contributed by atoms with Crippen LogP contribution in [0, 0.1) is 6.92 Å². The fraction of sp³-hybridized carbons (Fsp3) is 0.0952. The molecule has 0 spiro atoms. The summed E-state index contributed by atoms with van der Waals surface area (Å²) in [6.45, 7) is 2.08. The standard InChI is InChI=1S/C21H18N4O2/c1-14-19(17-5-2-3-6-18(17)24-14)20(26)21(27)22-13-15-7-9-16(10-8-15)25-12-4-11-23-25/h2-12,24H,13H2,1H3,(H,22,27). The van der Waals surface area contributed by atoms with E-state index in [1.807, 2.05) is 60.8 Å². The number of nitrogens with one attached hydrogen (secondary N) is 2. The number of H-pyrrole nitrogens is 1. The van der Waals surface area contributed by atoms with Crippen LogP contribution in [0.2, 0.25) is 0 Å². The van der Waals surface area contributed by atoms with Gasteiger partial charge in [0.15, 0.2) is 0 Å². The lowest BCUT2D eigenvalue weighted by molar-refractivity contribution is -0.117. The van der Waals surface area contributed by atoms with Crippen molar-refractivity contribution in [2.75, 3.05) is 0 Å². The number of amides is 1. The van der Waals surface area contributed by atoms with Gasteiger partial charge in [0.1, 0.15) is 0 Å². The minimum atomic E-state index is -0.612. The average Bonchev–Trinajstić information content (AvgIpc) is 3.33. The quantitative estimate of drug-likeness (QED) is 0.425. The number of benzene rings is 2. The Morgan fingerprint density at radius 3 is 2.59 bits per heavy atom. The zero-order valence-electron chi connectivity index (χ0n) is 14.8. The molecular formula is C21H18N4O2. The number of rotatable bonds is 5. The molecule has 2 N–H and O–H groups in total. The van der Waals surface area contributed by atoms with Gasteiger partial charge in [-0.25, -0.2) is 4.68 Å². The van der Waals surface area contributed by atoms with Crippen LogP contribution in [0.4, 0.5) is 0 Å². The first-order valence-corrected chi connectivity index (χ1v) is 8.62. The van der Waals surface area contributed by atoms with Crippen molar-refractivity contribution in [1.29, 1.82) is 0 Å². The van der Waals surface area contributed by atoms with Crippen molar-refractivity contribution in [2.45, 2.75) is 13.5 Å². The molecule has 0 aliphatic rings. The molecular weight excluding hydrogens is 340 g/mol. The number of hydrogen-bond donors (Lipinski definition) is 2. The van der Waals surface area contributed by atoms with Gasteiger partial charge in [-0.1, -0.05) is 30.3 Å². The Bertz CT molecular complexity index is 1110. The molecule has 6 heteroatoms. The molecule has 2 aromatic heterocycles. The van der Waals surface area contributed by atoms with Gasteiger partial charge in [-0.3, -0.25) is 9.59 Å². The number of hydrogen-bond acceptors (Lipinski definition) is 3. The first-order chi connectivity index (χ1) is 13.1. The zero-order valence-corrected chi connectivity index (χ0v) is 14.8. The molecule has 2 aromatic carbocycles. The van der Waals surface area contributed by atoms with Gasteiger partial charge in [-0.2, -0.15) is 5.10 Å². The Morgan fingerprint density at radius 1 is 1.07 bits per heavy atom. The number of nitrogens with zero attached hydrogens (tertiary/aromatic N) is 2. The van der Waals surface area contributed by atoms with E-state index in [1.54, 1.807) is 17.8 Å². The maximum atomic E-state index is 12.6. The van der Waals surface area contributed by atoms with Crippen LogP contribution in [0.1, 0.15) is 21.6 Å². The molecule has 134 valence electrons. The zero-order chi connectivity index (χ0) is 18.8. The number of ketones is 1. The first kappa shape index (κ1) is 16.8. The van der Waals surface area contributed by atoms with Gasteiger partial charge in [-0.05, 0) is 36.8 Å². The summed E-state index contributed by atoms with van der Waals surface area (Å²) in [6.07, 6.45) is 3.57. The van der Waals surface area contributed by atoms with Crippen LogP contribution in [0.25, 0.3) is 16.6 Å². The summed E-state index contributed by atoms with van der Waals surface area (Å²) in [6, 6.07) is 17.0. The molecule has 0 aliphatic heterocycles. The van der Waals surface area contributed by atoms with Crippen molar-refractivity contribution >= 4 is 22.6 Å². The summed E-state index contributed by atoms with van der Waals surface area (Å²) in [5, 5.41) is 7.65. The Balaban J connectivity index is 1.46. The fourth-order valence-electron chi connectivity index (χ4n) is 3.13. The summed E-state index contributed by atoms with van der Waals surface area (Å²) in [5.41, 5.74) is 3.81. The molecule has 0 unspecified atom stereocenters. The van der Waals surface area contributed by atoms with E-state index in [2.05, 4.69) is 15.4 Å². The highest BCUT2D eigenvalue weighted by Crippen LogP contribution is 2.22. The van der Waals surface area contributed by atoms with Crippen LogP contribution in [0.15, 0.2) is 67.0 Å². The SMILES string of the molecule is Cc1[nH]c2ccccc2c1C(=O)C(=O)NCc1ccc(-n2cccn2)cc1. The molecule has 0 saturated heterocycles. The summed E-state index contributed by atoms with van der Waals surface area (Å²) in [7, 11) is 0. The number of aryl methyl sites for hydroxylation is 1. The monoisotopic (exact) mass is 358 g/mol. The second-order valence-corrected chi connectivity index (χ2v) is 6.30. The molecule has 0 fully saturated rings. The molecule has 4 aromatic rings. The minimum absolute atomic E-state index is 0.283. The second kappa shape index (κ2) is 6.92. The van der Waals surface area contributed by atoms with E-state index in [1.165, 1.54) is 0 Å². The van der Waals surface area contributed by atoms with Crippen LogP contribution >= 0.6 is 0 Å². The highest BCUT2D eigenvalue weighted by Gasteiger charge is 2.22.